The lowest BCUT2D eigenvalue weighted by Crippen LogP contribution is -2.51. The summed E-state index contributed by atoms with van der Waals surface area (Å²) in [6.07, 6.45) is 0. The quantitative estimate of drug-likeness (QED) is 0.829. The number of hydrogen-bond donors (Lipinski definition) is 1. The van der Waals surface area contributed by atoms with Crippen LogP contribution < -0.4 is 10.2 Å². The minimum atomic E-state index is -0.189. The summed E-state index contributed by atoms with van der Waals surface area (Å²) >= 11 is 11.6. The van der Waals surface area contributed by atoms with Crippen molar-refractivity contribution in [3.05, 3.63) is 28.2 Å². The number of carbonyl (C=O) groups is 2. The molecule has 1 aromatic carbocycles. The number of carbonyl (C=O) groups excluding carboxylic acids is 2. The van der Waals surface area contributed by atoms with Gasteiger partial charge in [0.05, 0.1) is 16.6 Å². The number of nitrogens with zero attached hydrogens (tertiary/aromatic N) is 1. The van der Waals surface area contributed by atoms with E-state index in [2.05, 4.69) is 5.32 Å². The van der Waals surface area contributed by atoms with Gasteiger partial charge in [0, 0.05) is 5.69 Å². The molecule has 0 aromatic heterocycles. The van der Waals surface area contributed by atoms with E-state index in [-0.39, 0.29) is 24.9 Å². The number of anilines is 1. The number of halogens is 2. The van der Waals surface area contributed by atoms with Gasteiger partial charge >= 0.3 is 0 Å². The van der Waals surface area contributed by atoms with Crippen LogP contribution in [-0.4, -0.2) is 24.9 Å². The first-order chi connectivity index (χ1) is 7.58. The Hall–Kier alpha value is -1.26. The number of benzene rings is 1. The second-order valence-electron chi connectivity index (χ2n) is 3.36. The minimum Gasteiger partial charge on any atom is -0.345 e. The van der Waals surface area contributed by atoms with Crippen LogP contribution >= 0.6 is 23.2 Å². The Morgan fingerprint density at radius 1 is 1.19 bits per heavy atom. The first kappa shape index (κ1) is 11.2. The summed E-state index contributed by atoms with van der Waals surface area (Å²) in [5, 5.41) is 3.24. The molecule has 1 aliphatic rings. The molecule has 0 atom stereocenters. The summed E-state index contributed by atoms with van der Waals surface area (Å²) in [6.45, 7) is 0.0237. The van der Waals surface area contributed by atoms with E-state index in [1.165, 1.54) is 4.90 Å². The van der Waals surface area contributed by atoms with E-state index in [1.807, 2.05) is 0 Å². The molecule has 0 spiro atoms. The van der Waals surface area contributed by atoms with Crippen LogP contribution in [0.15, 0.2) is 18.2 Å². The molecule has 1 fully saturated rings. The average molecular weight is 259 g/mol. The van der Waals surface area contributed by atoms with Crippen LogP contribution in [0.5, 0.6) is 0 Å². The van der Waals surface area contributed by atoms with Crippen LogP contribution in [0.1, 0.15) is 0 Å². The molecule has 1 aromatic rings. The molecule has 0 bridgehead atoms. The van der Waals surface area contributed by atoms with Crippen LogP contribution in [0.2, 0.25) is 10.0 Å². The molecule has 16 heavy (non-hydrogen) atoms. The van der Waals surface area contributed by atoms with Crippen LogP contribution in [0, 0.1) is 0 Å². The maximum absolute atomic E-state index is 11.6. The molecule has 0 radical (unpaired) electrons. The fraction of sp³-hybridized carbons (Fsp3) is 0.200. The third kappa shape index (κ3) is 2.13. The zero-order chi connectivity index (χ0) is 11.7. The SMILES string of the molecule is O=C1CN(c2ccc(Cl)c(Cl)c2)C(=O)CN1. The van der Waals surface area contributed by atoms with E-state index in [1.54, 1.807) is 18.2 Å². The first-order valence-corrected chi connectivity index (χ1v) is 5.35. The second kappa shape index (κ2) is 4.31. The monoisotopic (exact) mass is 258 g/mol. The van der Waals surface area contributed by atoms with Gasteiger partial charge in [-0.3, -0.25) is 9.59 Å². The lowest BCUT2D eigenvalue weighted by atomic mass is 10.2. The van der Waals surface area contributed by atoms with Gasteiger partial charge in [-0.15, -0.1) is 0 Å². The molecule has 0 aliphatic carbocycles. The Kier molecular flexibility index (Phi) is 3.03. The maximum Gasteiger partial charge on any atom is 0.246 e. The molecule has 1 N–H and O–H groups in total. The van der Waals surface area contributed by atoms with E-state index >= 15 is 0 Å². The van der Waals surface area contributed by atoms with Crippen molar-refractivity contribution in [3.63, 3.8) is 0 Å². The third-order valence-electron chi connectivity index (χ3n) is 2.25. The highest BCUT2D eigenvalue weighted by atomic mass is 35.5. The fourth-order valence-corrected chi connectivity index (χ4v) is 1.74. The number of amides is 2. The summed E-state index contributed by atoms with van der Waals surface area (Å²) < 4.78 is 0. The second-order valence-corrected chi connectivity index (χ2v) is 4.17. The highest BCUT2D eigenvalue weighted by molar-refractivity contribution is 6.42. The van der Waals surface area contributed by atoms with E-state index in [9.17, 15) is 9.59 Å². The first-order valence-electron chi connectivity index (χ1n) is 4.60. The normalized spacial score (nSPS) is 16.2. The molecule has 6 heteroatoms. The summed E-state index contributed by atoms with van der Waals surface area (Å²) in [5.74, 6) is -0.358. The highest BCUT2D eigenvalue weighted by Crippen LogP contribution is 2.27. The van der Waals surface area contributed by atoms with Crippen LogP contribution in [0.4, 0.5) is 5.69 Å². The molecule has 2 rings (SSSR count). The van der Waals surface area contributed by atoms with E-state index in [0.29, 0.717) is 15.7 Å². The number of nitrogens with one attached hydrogen (secondary N) is 1. The molecule has 0 saturated carbocycles. The molecular weight excluding hydrogens is 251 g/mol. The Morgan fingerprint density at radius 2 is 1.94 bits per heavy atom. The lowest BCUT2D eigenvalue weighted by Gasteiger charge is -2.26. The molecule has 84 valence electrons. The smallest absolute Gasteiger partial charge is 0.246 e. The predicted octanol–water partition coefficient (Wildman–Crippen LogP) is 1.46. The molecule has 4 nitrogen and oxygen atoms in total. The predicted molar refractivity (Wildman–Crippen MR) is 61.8 cm³/mol. The minimum absolute atomic E-state index is 0.0107. The van der Waals surface area contributed by atoms with Crippen molar-refractivity contribution in [3.8, 4) is 0 Å². The van der Waals surface area contributed by atoms with Crippen LogP contribution in [0.25, 0.3) is 0 Å². The van der Waals surface area contributed by atoms with Crippen molar-refractivity contribution in [2.45, 2.75) is 0 Å². The number of rotatable bonds is 1. The molecular formula is C10H8Cl2N2O2. The average Bonchev–Trinajstić information content (AvgIpc) is 2.26. The highest BCUT2D eigenvalue weighted by Gasteiger charge is 2.24. The Labute approximate surface area is 102 Å². The molecule has 1 aliphatic heterocycles. The standard InChI is InChI=1S/C10H8Cl2N2O2/c11-7-2-1-6(3-8(7)12)14-5-9(15)13-4-10(14)16/h1-3H,4-5H2,(H,13,15). The Balaban J connectivity index is 2.31. The number of hydrogen-bond acceptors (Lipinski definition) is 2. The summed E-state index contributed by atoms with van der Waals surface area (Å²) in [5.41, 5.74) is 0.578. The zero-order valence-corrected chi connectivity index (χ0v) is 9.68. The van der Waals surface area contributed by atoms with Crippen LogP contribution in [0.3, 0.4) is 0 Å². The van der Waals surface area contributed by atoms with Gasteiger partial charge in [-0.05, 0) is 18.2 Å². The largest absolute Gasteiger partial charge is 0.345 e. The van der Waals surface area contributed by atoms with E-state index in [0.717, 1.165) is 0 Å². The van der Waals surface area contributed by atoms with Gasteiger partial charge in [-0.1, -0.05) is 23.2 Å². The van der Waals surface area contributed by atoms with Gasteiger partial charge in [0.1, 0.15) is 6.54 Å². The zero-order valence-electron chi connectivity index (χ0n) is 8.17. The van der Waals surface area contributed by atoms with Crippen molar-refractivity contribution >= 4 is 40.7 Å². The van der Waals surface area contributed by atoms with Crippen LogP contribution in [-0.2, 0) is 9.59 Å². The maximum atomic E-state index is 11.6. The van der Waals surface area contributed by atoms with Crippen molar-refractivity contribution in [1.82, 2.24) is 5.32 Å². The van der Waals surface area contributed by atoms with Gasteiger partial charge in [0.2, 0.25) is 11.8 Å². The lowest BCUT2D eigenvalue weighted by molar-refractivity contribution is -0.128. The number of piperazine rings is 1. The van der Waals surface area contributed by atoms with Gasteiger partial charge in [0.25, 0.3) is 0 Å². The molecule has 2 amide bonds. The topological polar surface area (TPSA) is 49.4 Å². The van der Waals surface area contributed by atoms with E-state index in [4.69, 9.17) is 23.2 Å². The third-order valence-corrected chi connectivity index (χ3v) is 2.99. The molecule has 0 unspecified atom stereocenters. The van der Waals surface area contributed by atoms with Crippen molar-refractivity contribution < 1.29 is 9.59 Å². The van der Waals surface area contributed by atoms with Crippen molar-refractivity contribution in [1.29, 1.82) is 0 Å². The molecule has 1 heterocycles. The van der Waals surface area contributed by atoms with Crippen molar-refractivity contribution in [2.75, 3.05) is 18.0 Å². The van der Waals surface area contributed by atoms with Crippen molar-refractivity contribution in [2.24, 2.45) is 0 Å². The summed E-state index contributed by atoms with van der Waals surface area (Å²) in [7, 11) is 0. The fourth-order valence-electron chi connectivity index (χ4n) is 1.45. The Morgan fingerprint density at radius 3 is 2.62 bits per heavy atom. The van der Waals surface area contributed by atoms with Gasteiger partial charge < -0.3 is 10.2 Å². The van der Waals surface area contributed by atoms with Gasteiger partial charge in [-0.2, -0.15) is 0 Å². The van der Waals surface area contributed by atoms with E-state index < -0.39 is 0 Å². The van der Waals surface area contributed by atoms with Gasteiger partial charge in [-0.25, -0.2) is 0 Å². The summed E-state index contributed by atoms with van der Waals surface area (Å²) in [6, 6.07) is 4.82. The summed E-state index contributed by atoms with van der Waals surface area (Å²) in [4.78, 5) is 24.1. The Bertz CT molecular complexity index is 462. The molecule has 1 saturated heterocycles. The van der Waals surface area contributed by atoms with Gasteiger partial charge in [0.15, 0.2) is 0 Å².